The summed E-state index contributed by atoms with van der Waals surface area (Å²) in [6, 6.07) is 14.6. The monoisotopic (exact) mass is 273 g/mol. The van der Waals surface area contributed by atoms with Gasteiger partial charge in [-0.05, 0) is 30.2 Å². The van der Waals surface area contributed by atoms with Crippen molar-refractivity contribution in [3.05, 3.63) is 53.6 Å². The molecule has 1 aromatic heterocycles. The van der Waals surface area contributed by atoms with Crippen molar-refractivity contribution in [1.82, 2.24) is 4.98 Å². The standard InChI is InChI=1S/C15H12ClNS/c1-10-4-2-7-13-14(10)17-15(18-13)12-6-3-5-11(8-12)9-16/h2-8H,9H2,1H3. The average molecular weight is 274 g/mol. The average Bonchev–Trinajstić information content (AvgIpc) is 2.84. The van der Waals surface area contributed by atoms with Crippen molar-refractivity contribution in [1.29, 1.82) is 0 Å². The van der Waals surface area contributed by atoms with Crippen LogP contribution in [0.3, 0.4) is 0 Å². The summed E-state index contributed by atoms with van der Waals surface area (Å²) in [6.07, 6.45) is 0. The molecular weight excluding hydrogens is 262 g/mol. The number of hydrogen-bond acceptors (Lipinski definition) is 2. The third kappa shape index (κ3) is 2.02. The molecule has 3 rings (SSSR count). The van der Waals surface area contributed by atoms with Gasteiger partial charge in [-0.1, -0.05) is 30.3 Å². The molecule has 18 heavy (non-hydrogen) atoms. The Morgan fingerprint density at radius 1 is 1.17 bits per heavy atom. The van der Waals surface area contributed by atoms with E-state index in [0.717, 1.165) is 21.7 Å². The number of aromatic nitrogens is 1. The van der Waals surface area contributed by atoms with Crippen molar-refractivity contribution in [2.75, 3.05) is 0 Å². The molecule has 0 spiro atoms. The van der Waals surface area contributed by atoms with Crippen molar-refractivity contribution in [2.45, 2.75) is 12.8 Å². The minimum Gasteiger partial charge on any atom is -0.236 e. The normalized spacial score (nSPS) is 11.0. The SMILES string of the molecule is Cc1cccc2sc(-c3cccc(CCl)c3)nc12. The molecule has 0 bridgehead atoms. The third-order valence-corrected chi connectivity index (χ3v) is 4.33. The van der Waals surface area contributed by atoms with Crippen LogP contribution in [0.1, 0.15) is 11.1 Å². The highest BCUT2D eigenvalue weighted by Gasteiger charge is 2.07. The minimum absolute atomic E-state index is 0.539. The van der Waals surface area contributed by atoms with Crippen LogP contribution in [0.4, 0.5) is 0 Å². The van der Waals surface area contributed by atoms with E-state index in [2.05, 4.69) is 37.3 Å². The van der Waals surface area contributed by atoms with E-state index in [0.29, 0.717) is 5.88 Å². The number of fused-ring (bicyclic) bond motifs is 1. The van der Waals surface area contributed by atoms with E-state index in [1.54, 1.807) is 11.3 Å². The lowest BCUT2D eigenvalue weighted by Crippen LogP contribution is -1.81. The number of aryl methyl sites for hydroxylation is 1. The molecule has 2 aromatic carbocycles. The van der Waals surface area contributed by atoms with Crippen molar-refractivity contribution in [3.8, 4) is 10.6 Å². The van der Waals surface area contributed by atoms with Gasteiger partial charge in [0.2, 0.25) is 0 Å². The summed E-state index contributed by atoms with van der Waals surface area (Å²) in [5, 5.41) is 1.06. The zero-order valence-electron chi connectivity index (χ0n) is 9.98. The number of halogens is 1. The largest absolute Gasteiger partial charge is 0.236 e. The summed E-state index contributed by atoms with van der Waals surface area (Å²) in [5.41, 5.74) is 4.61. The first-order valence-corrected chi connectivity index (χ1v) is 7.14. The van der Waals surface area contributed by atoms with Crippen LogP contribution in [0.2, 0.25) is 0 Å². The Morgan fingerprint density at radius 3 is 2.78 bits per heavy atom. The Bertz CT molecular complexity index is 703. The Labute approximate surface area is 115 Å². The molecule has 0 atom stereocenters. The Balaban J connectivity index is 2.16. The summed E-state index contributed by atoms with van der Waals surface area (Å²) in [4.78, 5) is 4.73. The zero-order valence-corrected chi connectivity index (χ0v) is 11.6. The van der Waals surface area contributed by atoms with Crippen molar-refractivity contribution in [2.24, 2.45) is 0 Å². The molecule has 3 heteroatoms. The second-order valence-electron chi connectivity index (χ2n) is 4.27. The predicted octanol–water partition coefficient (Wildman–Crippen LogP) is 5.01. The highest BCUT2D eigenvalue weighted by molar-refractivity contribution is 7.21. The fraction of sp³-hybridized carbons (Fsp3) is 0.133. The first kappa shape index (κ1) is 11.7. The molecule has 1 heterocycles. The quantitative estimate of drug-likeness (QED) is 0.598. The molecule has 1 nitrogen and oxygen atoms in total. The minimum atomic E-state index is 0.539. The van der Waals surface area contributed by atoms with E-state index in [4.69, 9.17) is 16.6 Å². The fourth-order valence-corrected chi connectivity index (χ4v) is 3.20. The maximum Gasteiger partial charge on any atom is 0.124 e. The third-order valence-electron chi connectivity index (χ3n) is 2.95. The molecule has 0 unspecified atom stereocenters. The van der Waals surface area contributed by atoms with Gasteiger partial charge < -0.3 is 0 Å². The van der Waals surface area contributed by atoms with E-state index in [-0.39, 0.29) is 0 Å². The Hall–Kier alpha value is -1.38. The van der Waals surface area contributed by atoms with Gasteiger partial charge in [0.05, 0.1) is 10.2 Å². The molecule has 0 fully saturated rings. The molecule has 0 aliphatic rings. The van der Waals surface area contributed by atoms with Gasteiger partial charge in [-0.3, -0.25) is 0 Å². The van der Waals surface area contributed by atoms with Crippen molar-refractivity contribution in [3.63, 3.8) is 0 Å². The molecule has 0 saturated heterocycles. The first-order valence-electron chi connectivity index (χ1n) is 5.79. The molecule has 0 radical (unpaired) electrons. The second kappa shape index (κ2) is 4.71. The molecular formula is C15H12ClNS. The van der Waals surface area contributed by atoms with Gasteiger partial charge >= 0.3 is 0 Å². The van der Waals surface area contributed by atoms with E-state index in [1.165, 1.54) is 10.3 Å². The van der Waals surface area contributed by atoms with Crippen LogP contribution in [0.15, 0.2) is 42.5 Å². The van der Waals surface area contributed by atoms with Gasteiger partial charge in [0, 0.05) is 11.4 Å². The number of nitrogens with zero attached hydrogens (tertiary/aromatic N) is 1. The number of benzene rings is 2. The summed E-state index contributed by atoms with van der Waals surface area (Å²) in [7, 11) is 0. The van der Waals surface area contributed by atoms with Gasteiger partial charge in [-0.25, -0.2) is 4.98 Å². The second-order valence-corrected chi connectivity index (χ2v) is 5.57. The van der Waals surface area contributed by atoms with Crippen molar-refractivity contribution >= 4 is 33.2 Å². The van der Waals surface area contributed by atoms with Gasteiger partial charge in [0.15, 0.2) is 0 Å². The van der Waals surface area contributed by atoms with Crippen LogP contribution in [0, 0.1) is 6.92 Å². The summed E-state index contributed by atoms with van der Waals surface area (Å²) in [6.45, 7) is 2.10. The fourth-order valence-electron chi connectivity index (χ4n) is 2.00. The van der Waals surface area contributed by atoms with Gasteiger partial charge in [0.25, 0.3) is 0 Å². The van der Waals surface area contributed by atoms with Crippen LogP contribution >= 0.6 is 22.9 Å². The van der Waals surface area contributed by atoms with Crippen LogP contribution in [0.25, 0.3) is 20.8 Å². The molecule has 0 aliphatic carbocycles. The predicted molar refractivity (Wildman–Crippen MR) is 79.4 cm³/mol. The topological polar surface area (TPSA) is 12.9 Å². The number of hydrogen-bond donors (Lipinski definition) is 0. The molecule has 0 saturated carbocycles. The van der Waals surface area contributed by atoms with Crippen LogP contribution < -0.4 is 0 Å². The number of para-hydroxylation sites is 1. The van der Waals surface area contributed by atoms with Crippen molar-refractivity contribution < 1.29 is 0 Å². The van der Waals surface area contributed by atoms with Gasteiger partial charge in [-0.2, -0.15) is 0 Å². The number of alkyl halides is 1. The number of rotatable bonds is 2. The van der Waals surface area contributed by atoms with E-state index < -0.39 is 0 Å². The molecule has 3 aromatic rings. The summed E-state index contributed by atoms with van der Waals surface area (Å²) in [5.74, 6) is 0.539. The van der Waals surface area contributed by atoms with E-state index >= 15 is 0 Å². The summed E-state index contributed by atoms with van der Waals surface area (Å²) >= 11 is 7.60. The van der Waals surface area contributed by atoms with Crippen LogP contribution in [0.5, 0.6) is 0 Å². The number of thiazole rings is 1. The summed E-state index contributed by atoms with van der Waals surface area (Å²) < 4.78 is 1.24. The molecule has 0 N–H and O–H groups in total. The lowest BCUT2D eigenvalue weighted by atomic mass is 10.1. The smallest absolute Gasteiger partial charge is 0.124 e. The highest BCUT2D eigenvalue weighted by Crippen LogP contribution is 2.31. The molecule has 0 aliphatic heterocycles. The molecule has 0 amide bonds. The van der Waals surface area contributed by atoms with Gasteiger partial charge in [0.1, 0.15) is 5.01 Å². The highest BCUT2D eigenvalue weighted by atomic mass is 35.5. The zero-order chi connectivity index (χ0) is 12.5. The van der Waals surface area contributed by atoms with Crippen LogP contribution in [-0.2, 0) is 5.88 Å². The Kier molecular flexibility index (Phi) is 3.06. The van der Waals surface area contributed by atoms with Gasteiger partial charge in [-0.15, -0.1) is 22.9 Å². The lowest BCUT2D eigenvalue weighted by molar-refractivity contribution is 1.38. The Morgan fingerprint density at radius 2 is 2.00 bits per heavy atom. The van der Waals surface area contributed by atoms with Crippen LogP contribution in [-0.4, -0.2) is 4.98 Å². The molecule has 90 valence electrons. The first-order chi connectivity index (χ1) is 8.78. The van der Waals surface area contributed by atoms with E-state index in [1.807, 2.05) is 12.1 Å². The lowest BCUT2D eigenvalue weighted by Gasteiger charge is -1.98. The maximum absolute atomic E-state index is 5.87. The van der Waals surface area contributed by atoms with E-state index in [9.17, 15) is 0 Å². The maximum atomic E-state index is 5.87.